The summed E-state index contributed by atoms with van der Waals surface area (Å²) in [6.07, 6.45) is -4.74. The van der Waals surface area contributed by atoms with Crippen molar-refractivity contribution in [1.82, 2.24) is 24.5 Å². The maximum atomic E-state index is 15.5. The largest absolute Gasteiger partial charge is 0.416 e. The molecule has 0 spiro atoms. The highest BCUT2D eigenvalue weighted by Crippen LogP contribution is 2.45. The highest BCUT2D eigenvalue weighted by molar-refractivity contribution is 6.10. The molecule has 5 nitrogen and oxygen atoms in total. The van der Waals surface area contributed by atoms with Crippen molar-refractivity contribution >= 4 is 21.8 Å². The molecule has 60 heavy (non-hydrogen) atoms. The molecule has 10 rings (SSSR count). The van der Waals surface area contributed by atoms with Gasteiger partial charge in [0.05, 0.1) is 45.1 Å². The number of aromatic nitrogens is 5. The number of fused-ring (bicyclic) bond motifs is 3. The second-order valence-corrected chi connectivity index (χ2v) is 14.7. The van der Waals surface area contributed by atoms with Gasteiger partial charge >= 0.3 is 6.18 Å². The van der Waals surface area contributed by atoms with Gasteiger partial charge in [-0.25, -0.2) is 19.9 Å². The molecule has 0 atom stereocenters. The highest BCUT2D eigenvalue weighted by atomic mass is 19.4. The number of hydrogen-bond donors (Lipinski definition) is 0. The maximum absolute atomic E-state index is 15.5. The summed E-state index contributed by atoms with van der Waals surface area (Å²) in [4.78, 5) is 20.3. The lowest BCUT2D eigenvalue weighted by molar-refractivity contribution is -0.137. The molecule has 0 saturated heterocycles. The van der Waals surface area contributed by atoms with Crippen molar-refractivity contribution in [1.29, 1.82) is 0 Å². The molecule has 0 fully saturated rings. The van der Waals surface area contributed by atoms with Gasteiger partial charge in [0.2, 0.25) is 0 Å². The van der Waals surface area contributed by atoms with E-state index in [4.69, 9.17) is 19.9 Å². The summed E-state index contributed by atoms with van der Waals surface area (Å²) in [7, 11) is 0. The zero-order valence-electron chi connectivity index (χ0n) is 32.3. The van der Waals surface area contributed by atoms with Crippen LogP contribution in [0.3, 0.4) is 0 Å². The molecular formula is C52H34F3N5. The molecule has 288 valence electrons. The molecule has 0 amide bonds. The number of para-hydroxylation sites is 1. The van der Waals surface area contributed by atoms with Gasteiger partial charge in [-0.2, -0.15) is 13.2 Å². The summed E-state index contributed by atoms with van der Waals surface area (Å²) in [5.74, 6) is 0.514. The Bertz CT molecular complexity index is 2920. The first kappa shape index (κ1) is 36.6. The summed E-state index contributed by atoms with van der Waals surface area (Å²) in [5, 5.41) is 1.92. The van der Waals surface area contributed by atoms with Crippen molar-refractivity contribution in [3.8, 4) is 73.5 Å². The third-order valence-corrected chi connectivity index (χ3v) is 10.7. The Balaban J connectivity index is 1.38. The van der Waals surface area contributed by atoms with Crippen molar-refractivity contribution in [3.63, 3.8) is 0 Å². The number of hydrogen-bond acceptors (Lipinski definition) is 4. The second-order valence-electron chi connectivity index (χ2n) is 14.7. The molecule has 0 bridgehead atoms. The zero-order chi connectivity index (χ0) is 40.8. The average molecular weight is 786 g/mol. The molecule has 10 aromatic rings. The SMILES string of the molecule is Cc1ccc2c(c1)c1ccccc1n2-c1c(-c2cc(-c3ccccc3)nc(-c3ccccc3)n2)cc(C(F)(F)F)cc1-c1nc(-c2ccccc2)cc(-c2ccccc2)n1. The Hall–Kier alpha value is -7.71. The van der Waals surface area contributed by atoms with Gasteiger partial charge in [0.15, 0.2) is 11.6 Å². The van der Waals surface area contributed by atoms with Crippen LogP contribution in [0.15, 0.2) is 188 Å². The Labute approximate surface area is 344 Å². The van der Waals surface area contributed by atoms with Crippen LogP contribution < -0.4 is 0 Å². The van der Waals surface area contributed by atoms with E-state index >= 15 is 13.2 Å². The highest BCUT2D eigenvalue weighted by Gasteiger charge is 2.35. The van der Waals surface area contributed by atoms with E-state index in [9.17, 15) is 0 Å². The van der Waals surface area contributed by atoms with Gasteiger partial charge in [0.1, 0.15) is 0 Å². The van der Waals surface area contributed by atoms with E-state index in [1.54, 1.807) is 6.07 Å². The van der Waals surface area contributed by atoms with Gasteiger partial charge < -0.3 is 4.57 Å². The molecule has 8 heteroatoms. The van der Waals surface area contributed by atoms with E-state index < -0.39 is 11.7 Å². The molecule has 3 heterocycles. The van der Waals surface area contributed by atoms with Gasteiger partial charge in [0.25, 0.3) is 0 Å². The summed E-state index contributed by atoms with van der Waals surface area (Å²) >= 11 is 0. The predicted octanol–water partition coefficient (Wildman–Crippen LogP) is 13.7. The van der Waals surface area contributed by atoms with Crippen LogP contribution in [0.4, 0.5) is 13.2 Å². The molecule has 0 aliphatic rings. The number of halogens is 3. The van der Waals surface area contributed by atoms with Gasteiger partial charge in [-0.3, -0.25) is 0 Å². The molecule has 0 saturated carbocycles. The first-order chi connectivity index (χ1) is 29.3. The van der Waals surface area contributed by atoms with Crippen LogP contribution in [0.2, 0.25) is 0 Å². The molecule has 0 aliphatic heterocycles. The summed E-state index contributed by atoms with van der Waals surface area (Å²) in [5.41, 5.74) is 7.86. The first-order valence-electron chi connectivity index (χ1n) is 19.5. The summed E-state index contributed by atoms with van der Waals surface area (Å²) in [6.45, 7) is 2.03. The van der Waals surface area contributed by atoms with Crippen molar-refractivity contribution in [2.75, 3.05) is 0 Å². The van der Waals surface area contributed by atoms with E-state index in [0.29, 0.717) is 34.3 Å². The molecular weight excluding hydrogens is 752 g/mol. The van der Waals surface area contributed by atoms with Gasteiger partial charge in [-0.15, -0.1) is 0 Å². The fourth-order valence-electron chi connectivity index (χ4n) is 7.87. The fraction of sp³-hybridized carbons (Fsp3) is 0.0385. The predicted molar refractivity (Wildman–Crippen MR) is 234 cm³/mol. The number of benzene rings is 7. The molecule has 0 aliphatic carbocycles. The molecule has 3 aromatic heterocycles. The molecule has 0 N–H and O–H groups in total. The Morgan fingerprint density at radius 3 is 1.42 bits per heavy atom. The zero-order valence-corrected chi connectivity index (χ0v) is 32.3. The van der Waals surface area contributed by atoms with Crippen molar-refractivity contribution < 1.29 is 13.2 Å². The summed E-state index contributed by atoms with van der Waals surface area (Å²) < 4.78 is 48.5. The maximum Gasteiger partial charge on any atom is 0.416 e. The second kappa shape index (κ2) is 14.9. The van der Waals surface area contributed by atoms with Crippen LogP contribution in [0, 0.1) is 6.92 Å². The third kappa shape index (κ3) is 6.78. The van der Waals surface area contributed by atoms with Gasteiger partial charge in [0, 0.05) is 44.2 Å². The lowest BCUT2D eigenvalue weighted by atomic mass is 9.96. The Kier molecular flexibility index (Phi) is 9.10. The first-order valence-corrected chi connectivity index (χ1v) is 19.5. The smallest absolute Gasteiger partial charge is 0.308 e. The van der Waals surface area contributed by atoms with Gasteiger partial charge in [-0.1, -0.05) is 151 Å². The van der Waals surface area contributed by atoms with Crippen LogP contribution in [0.25, 0.3) is 95.3 Å². The van der Waals surface area contributed by atoms with Crippen molar-refractivity contribution in [3.05, 3.63) is 199 Å². The standard InChI is InChI=1S/C52H34F3N5/c1-33-26-27-48-40(28-33)39-24-14-15-25-47(39)60(48)49-41(46-32-45(36-20-10-4-11-21-36)56-50(59-46)37-22-12-5-13-23-37)29-38(52(53,54)55)30-42(49)51-57-43(34-16-6-2-7-17-34)31-44(58-51)35-18-8-3-9-19-35/h2-32H,1H3. The number of nitrogens with zero attached hydrogens (tertiary/aromatic N) is 5. The quantitative estimate of drug-likeness (QED) is 0.161. The average Bonchev–Trinajstić information content (AvgIpc) is 3.62. The summed E-state index contributed by atoms with van der Waals surface area (Å²) in [6, 6.07) is 58.5. The fourth-order valence-corrected chi connectivity index (χ4v) is 7.87. The molecule has 7 aromatic carbocycles. The minimum absolute atomic E-state index is 0.135. The minimum atomic E-state index is -4.74. The van der Waals surface area contributed by atoms with Gasteiger partial charge in [-0.05, 0) is 49.4 Å². The van der Waals surface area contributed by atoms with E-state index in [1.807, 2.05) is 175 Å². The lowest BCUT2D eigenvalue weighted by Crippen LogP contribution is -2.11. The molecule has 0 radical (unpaired) electrons. The lowest BCUT2D eigenvalue weighted by Gasteiger charge is -2.21. The monoisotopic (exact) mass is 785 g/mol. The van der Waals surface area contributed by atoms with Crippen LogP contribution >= 0.6 is 0 Å². The normalized spacial score (nSPS) is 11.7. The third-order valence-electron chi connectivity index (χ3n) is 10.7. The Morgan fingerprint density at radius 2 is 0.850 bits per heavy atom. The minimum Gasteiger partial charge on any atom is -0.308 e. The van der Waals surface area contributed by atoms with Crippen LogP contribution in [0.5, 0.6) is 0 Å². The number of alkyl halides is 3. The van der Waals surface area contributed by atoms with Crippen molar-refractivity contribution in [2.45, 2.75) is 13.1 Å². The molecule has 0 unspecified atom stereocenters. The van der Waals surface area contributed by atoms with Crippen molar-refractivity contribution in [2.24, 2.45) is 0 Å². The van der Waals surface area contributed by atoms with E-state index in [0.717, 1.165) is 49.6 Å². The van der Waals surface area contributed by atoms with E-state index in [-0.39, 0.29) is 17.0 Å². The van der Waals surface area contributed by atoms with E-state index in [2.05, 4.69) is 6.07 Å². The van der Waals surface area contributed by atoms with Crippen LogP contribution in [0.1, 0.15) is 11.1 Å². The Morgan fingerprint density at radius 1 is 0.400 bits per heavy atom. The van der Waals surface area contributed by atoms with E-state index in [1.165, 1.54) is 12.1 Å². The number of rotatable bonds is 7. The number of aryl methyl sites for hydroxylation is 1. The van der Waals surface area contributed by atoms with Crippen LogP contribution in [-0.2, 0) is 6.18 Å². The van der Waals surface area contributed by atoms with Crippen LogP contribution in [-0.4, -0.2) is 24.5 Å². The topological polar surface area (TPSA) is 56.5 Å².